The Bertz CT molecular complexity index is 856. The number of aromatic nitrogens is 3. The third-order valence-corrected chi connectivity index (χ3v) is 4.62. The summed E-state index contributed by atoms with van der Waals surface area (Å²) in [5.41, 5.74) is 3.45. The SMILES string of the molecule is C[C@@H](C(=O)NOCc1ccccc1)n1c(-c2cccs2)n[nH]c1=S. The molecule has 0 fully saturated rings. The van der Waals surface area contributed by atoms with E-state index in [1.807, 2.05) is 47.8 Å². The van der Waals surface area contributed by atoms with E-state index in [0.29, 0.717) is 17.2 Å². The van der Waals surface area contributed by atoms with Crippen molar-refractivity contribution in [3.05, 3.63) is 58.2 Å². The van der Waals surface area contributed by atoms with E-state index >= 15 is 0 Å². The quantitative estimate of drug-likeness (QED) is 0.521. The van der Waals surface area contributed by atoms with Gasteiger partial charge in [-0.2, -0.15) is 5.10 Å². The van der Waals surface area contributed by atoms with Crippen LogP contribution in [0.25, 0.3) is 10.7 Å². The Hall–Kier alpha value is -2.29. The van der Waals surface area contributed by atoms with Crippen molar-refractivity contribution in [2.24, 2.45) is 0 Å². The predicted molar refractivity (Wildman–Crippen MR) is 94.8 cm³/mol. The molecule has 0 saturated heterocycles. The number of amides is 1. The molecule has 3 rings (SSSR count). The van der Waals surface area contributed by atoms with Gasteiger partial charge in [-0.05, 0) is 36.2 Å². The average molecular weight is 360 g/mol. The highest BCUT2D eigenvalue weighted by Crippen LogP contribution is 2.25. The van der Waals surface area contributed by atoms with Gasteiger partial charge in [0.05, 0.1) is 11.5 Å². The molecule has 0 saturated carbocycles. The van der Waals surface area contributed by atoms with Crippen LogP contribution in [0, 0.1) is 4.77 Å². The molecule has 3 aromatic rings. The maximum Gasteiger partial charge on any atom is 0.266 e. The standard InChI is InChI=1S/C16H16N4O2S2/c1-11(15(21)19-22-10-12-6-3-2-4-7-12)20-14(17-18-16(20)23)13-8-5-9-24-13/h2-9,11H,10H2,1H3,(H,18,23)(H,19,21)/t11-/m0/s1. The van der Waals surface area contributed by atoms with E-state index in [4.69, 9.17) is 17.1 Å². The lowest BCUT2D eigenvalue weighted by Gasteiger charge is -2.15. The fourth-order valence-electron chi connectivity index (χ4n) is 2.21. The molecule has 0 bridgehead atoms. The Labute approximate surface area is 148 Å². The van der Waals surface area contributed by atoms with E-state index in [9.17, 15) is 4.79 Å². The molecule has 0 unspecified atom stereocenters. The second-order valence-corrected chi connectivity index (χ2v) is 6.45. The summed E-state index contributed by atoms with van der Waals surface area (Å²) in [7, 11) is 0. The number of benzene rings is 1. The van der Waals surface area contributed by atoms with Crippen LogP contribution in [0.2, 0.25) is 0 Å². The summed E-state index contributed by atoms with van der Waals surface area (Å²) >= 11 is 6.80. The topological polar surface area (TPSA) is 71.9 Å². The van der Waals surface area contributed by atoms with Gasteiger partial charge in [0, 0.05) is 0 Å². The van der Waals surface area contributed by atoms with Crippen LogP contribution in [0.5, 0.6) is 0 Å². The van der Waals surface area contributed by atoms with E-state index in [1.165, 1.54) is 11.3 Å². The first kappa shape index (κ1) is 16.6. The van der Waals surface area contributed by atoms with E-state index in [0.717, 1.165) is 10.4 Å². The lowest BCUT2D eigenvalue weighted by atomic mass is 10.2. The minimum atomic E-state index is -0.552. The molecule has 124 valence electrons. The number of nitrogens with one attached hydrogen (secondary N) is 2. The van der Waals surface area contributed by atoms with Crippen molar-refractivity contribution in [2.45, 2.75) is 19.6 Å². The number of rotatable bonds is 6. The number of hydrogen-bond donors (Lipinski definition) is 2. The number of carbonyl (C=O) groups is 1. The van der Waals surface area contributed by atoms with Gasteiger partial charge in [-0.25, -0.2) is 5.48 Å². The van der Waals surface area contributed by atoms with Gasteiger partial charge in [-0.3, -0.25) is 19.3 Å². The van der Waals surface area contributed by atoms with E-state index in [-0.39, 0.29) is 5.91 Å². The molecule has 24 heavy (non-hydrogen) atoms. The molecule has 0 spiro atoms. The largest absolute Gasteiger partial charge is 0.287 e. The minimum absolute atomic E-state index is 0.291. The summed E-state index contributed by atoms with van der Waals surface area (Å²) < 4.78 is 2.08. The Morgan fingerprint density at radius 1 is 1.38 bits per heavy atom. The lowest BCUT2D eigenvalue weighted by molar-refractivity contribution is -0.137. The fourth-order valence-corrected chi connectivity index (χ4v) is 3.21. The maximum absolute atomic E-state index is 12.4. The number of thiophene rings is 1. The summed E-state index contributed by atoms with van der Waals surface area (Å²) in [5, 5.41) is 8.92. The molecule has 8 heteroatoms. The van der Waals surface area contributed by atoms with Gasteiger partial charge in [-0.15, -0.1) is 11.3 Å². The highest BCUT2D eigenvalue weighted by molar-refractivity contribution is 7.71. The summed E-state index contributed by atoms with van der Waals surface area (Å²) in [4.78, 5) is 18.6. The molecule has 1 aromatic carbocycles. The maximum atomic E-state index is 12.4. The number of nitrogens with zero attached hydrogens (tertiary/aromatic N) is 2. The average Bonchev–Trinajstić information content (AvgIpc) is 3.24. The van der Waals surface area contributed by atoms with Gasteiger partial charge in [0.25, 0.3) is 5.91 Å². The molecule has 0 aliphatic heterocycles. The molecule has 2 N–H and O–H groups in total. The first-order valence-corrected chi connectivity index (χ1v) is 8.62. The molecule has 1 atom stereocenters. The second kappa shape index (κ2) is 7.52. The third-order valence-electron chi connectivity index (χ3n) is 3.47. The van der Waals surface area contributed by atoms with Gasteiger partial charge in [0.2, 0.25) is 0 Å². The lowest BCUT2D eigenvalue weighted by Crippen LogP contribution is -2.31. The van der Waals surface area contributed by atoms with Crippen molar-refractivity contribution in [3.8, 4) is 10.7 Å². The van der Waals surface area contributed by atoms with Gasteiger partial charge in [0.1, 0.15) is 6.04 Å². The van der Waals surface area contributed by atoms with Crippen LogP contribution in [-0.2, 0) is 16.2 Å². The minimum Gasteiger partial charge on any atom is -0.287 e. The summed E-state index contributed by atoms with van der Waals surface area (Å²) in [6.07, 6.45) is 0. The van der Waals surface area contributed by atoms with Crippen molar-refractivity contribution in [1.29, 1.82) is 0 Å². The highest BCUT2D eigenvalue weighted by Gasteiger charge is 2.21. The number of carbonyl (C=O) groups excluding carboxylic acids is 1. The van der Waals surface area contributed by atoms with Crippen LogP contribution < -0.4 is 5.48 Å². The normalized spacial score (nSPS) is 12.0. The van der Waals surface area contributed by atoms with E-state index in [1.54, 1.807) is 11.5 Å². The van der Waals surface area contributed by atoms with Crippen LogP contribution in [0.3, 0.4) is 0 Å². The van der Waals surface area contributed by atoms with Crippen LogP contribution in [0.1, 0.15) is 18.5 Å². The van der Waals surface area contributed by atoms with Gasteiger partial charge in [0.15, 0.2) is 10.6 Å². The highest BCUT2D eigenvalue weighted by atomic mass is 32.1. The smallest absolute Gasteiger partial charge is 0.266 e. The summed E-state index contributed by atoms with van der Waals surface area (Å²) in [5.74, 6) is 0.349. The van der Waals surface area contributed by atoms with Crippen molar-refractivity contribution < 1.29 is 9.63 Å². The zero-order valence-corrected chi connectivity index (χ0v) is 14.6. The molecule has 6 nitrogen and oxygen atoms in total. The molecule has 0 aliphatic carbocycles. The van der Waals surface area contributed by atoms with Crippen molar-refractivity contribution in [1.82, 2.24) is 20.2 Å². The van der Waals surface area contributed by atoms with Crippen molar-refractivity contribution in [3.63, 3.8) is 0 Å². The number of hydroxylamine groups is 1. The Kier molecular flexibility index (Phi) is 5.19. The van der Waals surface area contributed by atoms with Gasteiger partial charge < -0.3 is 0 Å². The van der Waals surface area contributed by atoms with Crippen molar-refractivity contribution >= 4 is 29.5 Å². The summed E-state index contributed by atoms with van der Waals surface area (Å²) in [6.45, 7) is 2.05. The Morgan fingerprint density at radius 3 is 2.88 bits per heavy atom. The molecule has 2 heterocycles. The first-order valence-electron chi connectivity index (χ1n) is 7.33. The predicted octanol–water partition coefficient (Wildman–Crippen LogP) is 3.48. The van der Waals surface area contributed by atoms with E-state index < -0.39 is 6.04 Å². The number of H-pyrrole nitrogens is 1. The number of aromatic amines is 1. The van der Waals surface area contributed by atoms with E-state index in [2.05, 4.69) is 15.7 Å². The van der Waals surface area contributed by atoms with Crippen LogP contribution in [-0.4, -0.2) is 20.7 Å². The van der Waals surface area contributed by atoms with Crippen molar-refractivity contribution in [2.75, 3.05) is 0 Å². The van der Waals surface area contributed by atoms with Gasteiger partial charge >= 0.3 is 0 Å². The van der Waals surface area contributed by atoms with Gasteiger partial charge in [-0.1, -0.05) is 36.4 Å². The zero-order valence-electron chi connectivity index (χ0n) is 12.9. The molecule has 0 aliphatic rings. The first-order chi connectivity index (χ1) is 11.7. The number of hydrogen-bond acceptors (Lipinski definition) is 5. The zero-order chi connectivity index (χ0) is 16.9. The molecule has 1 amide bonds. The van der Waals surface area contributed by atoms with Crippen LogP contribution in [0.4, 0.5) is 0 Å². The Morgan fingerprint density at radius 2 is 2.17 bits per heavy atom. The third kappa shape index (κ3) is 3.61. The van der Waals surface area contributed by atoms with Crippen LogP contribution >= 0.6 is 23.6 Å². The molecule has 0 radical (unpaired) electrons. The molecule has 2 aromatic heterocycles. The monoisotopic (exact) mass is 360 g/mol. The fraction of sp³-hybridized carbons (Fsp3) is 0.188. The Balaban J connectivity index is 1.68. The van der Waals surface area contributed by atoms with Crippen LogP contribution in [0.15, 0.2) is 47.8 Å². The molecular weight excluding hydrogens is 344 g/mol. The second-order valence-electron chi connectivity index (χ2n) is 5.12. The summed E-state index contributed by atoms with van der Waals surface area (Å²) in [6, 6.07) is 12.9. The molecular formula is C16H16N4O2S2.